The molecule has 0 radical (unpaired) electrons. The molecule has 0 unspecified atom stereocenters. The monoisotopic (exact) mass is 156 g/mol. The average Bonchev–Trinajstić information content (AvgIpc) is 0.811. The first-order chi connectivity index (χ1) is 1.73. The van der Waals surface area contributed by atoms with Crippen LogP contribution in [-0.4, -0.2) is 10.3 Å². The zero-order chi connectivity index (χ0) is 3.58. The van der Waals surface area contributed by atoms with E-state index in [1.807, 2.05) is 0 Å². The summed E-state index contributed by atoms with van der Waals surface area (Å²) < 4.78 is 0. The van der Waals surface area contributed by atoms with Gasteiger partial charge in [-0.15, -0.1) is 22.5 Å². The second kappa shape index (κ2) is 15.7. The van der Waals surface area contributed by atoms with Gasteiger partial charge < -0.3 is 12.8 Å². The Morgan fingerprint density at radius 2 is 1.71 bits per heavy atom. The molecule has 0 fully saturated rings. The summed E-state index contributed by atoms with van der Waals surface area (Å²) in [5.74, 6) is 0. The van der Waals surface area contributed by atoms with E-state index < -0.39 is 5.09 Å². The first-order valence-corrected chi connectivity index (χ1v) is 0.565. The van der Waals surface area contributed by atoms with Crippen molar-refractivity contribution >= 4 is 12.4 Å². The van der Waals surface area contributed by atoms with Crippen molar-refractivity contribution in [2.24, 2.45) is 0 Å². The maximum atomic E-state index is 8.36. The van der Waals surface area contributed by atoms with Gasteiger partial charge in [-0.1, -0.05) is 0 Å². The summed E-state index contributed by atoms with van der Waals surface area (Å²) in [5, 5.41) is 13.6. The smallest absolute Gasteiger partial charge is 1.00 e. The van der Waals surface area contributed by atoms with Gasteiger partial charge in [0, 0.05) is 0 Å². The molecular weight excluding hydrogens is 151 g/mol. The molecule has 5 nitrogen and oxygen atoms in total. The van der Waals surface area contributed by atoms with E-state index in [0.717, 1.165) is 0 Å². The molecular formula is H6ClKN2O3. The van der Waals surface area contributed by atoms with Crippen molar-refractivity contribution in [3.05, 3.63) is 10.1 Å². The fourth-order valence-electron chi connectivity index (χ4n) is 0. The second-order valence-electron chi connectivity index (χ2n) is 0.238. The summed E-state index contributed by atoms with van der Waals surface area (Å²) in [5.41, 5.74) is 0. The summed E-state index contributed by atoms with van der Waals surface area (Å²) in [4.78, 5) is 8.36. The third kappa shape index (κ3) is 155. The normalized spacial score (nSPS) is 3.43. The van der Waals surface area contributed by atoms with Gasteiger partial charge in [0.15, 0.2) is 0 Å². The van der Waals surface area contributed by atoms with Crippen LogP contribution in [0.3, 0.4) is 0 Å². The maximum absolute atomic E-state index is 8.36. The molecule has 0 amide bonds. The first-order valence-electron chi connectivity index (χ1n) is 0.565. The molecule has 0 spiro atoms. The summed E-state index contributed by atoms with van der Waals surface area (Å²) in [7, 11) is 0. The predicted molar refractivity (Wildman–Crippen MR) is 22.2 cm³/mol. The molecule has 0 saturated carbocycles. The largest absolute Gasteiger partial charge is 1.00 e. The van der Waals surface area contributed by atoms with Crippen LogP contribution >= 0.6 is 12.4 Å². The number of rotatable bonds is 0. The van der Waals surface area contributed by atoms with Crippen molar-refractivity contribution in [2.75, 3.05) is 0 Å². The summed E-state index contributed by atoms with van der Waals surface area (Å²) in [6.07, 6.45) is 0. The van der Waals surface area contributed by atoms with Crippen LogP contribution in [0.15, 0.2) is 0 Å². The molecule has 0 bridgehead atoms. The predicted octanol–water partition coefficient (Wildman–Crippen LogP) is -2.65. The Kier molecular flexibility index (Phi) is 54.6. The Morgan fingerprint density at radius 3 is 1.71 bits per heavy atom. The van der Waals surface area contributed by atoms with E-state index in [1.54, 1.807) is 0 Å². The van der Waals surface area contributed by atoms with Crippen LogP contribution < -0.4 is 57.5 Å². The number of nitrogens with zero attached hydrogens (tertiary/aromatic N) is 1. The van der Waals surface area contributed by atoms with Crippen LogP contribution in [0.2, 0.25) is 0 Å². The van der Waals surface area contributed by atoms with E-state index in [9.17, 15) is 0 Å². The number of halogens is 1. The van der Waals surface area contributed by atoms with Gasteiger partial charge in [0.1, 0.15) is 0 Å². The van der Waals surface area contributed by atoms with Crippen LogP contribution in [0.4, 0.5) is 0 Å². The van der Waals surface area contributed by atoms with E-state index in [2.05, 4.69) is 0 Å². The van der Waals surface area contributed by atoms with E-state index in [-0.39, 0.29) is 71.4 Å². The minimum atomic E-state index is -1.50. The summed E-state index contributed by atoms with van der Waals surface area (Å²) >= 11 is 0. The van der Waals surface area contributed by atoms with Crippen molar-refractivity contribution in [2.45, 2.75) is 0 Å². The van der Waals surface area contributed by atoms with Gasteiger partial charge in [0.05, 0.1) is 0 Å². The van der Waals surface area contributed by atoms with Crippen molar-refractivity contribution in [3.63, 3.8) is 0 Å². The molecule has 0 rings (SSSR count). The quantitative estimate of drug-likeness (QED) is 0.227. The first kappa shape index (κ1) is 24.3. The molecule has 0 aliphatic rings. The molecule has 7 heteroatoms. The van der Waals surface area contributed by atoms with Crippen LogP contribution in [0.1, 0.15) is 1.43 Å². The fourth-order valence-corrected chi connectivity index (χ4v) is 0. The molecule has 0 saturated heterocycles. The Labute approximate surface area is 90.5 Å². The van der Waals surface area contributed by atoms with E-state index in [0.29, 0.717) is 0 Å². The van der Waals surface area contributed by atoms with Crippen molar-refractivity contribution in [3.8, 4) is 0 Å². The van der Waals surface area contributed by atoms with Crippen LogP contribution in [0, 0.1) is 10.1 Å². The molecule has 4 N–H and O–H groups in total. The Morgan fingerprint density at radius 1 is 1.71 bits per heavy atom. The minimum Gasteiger partial charge on any atom is -1.00 e. The van der Waals surface area contributed by atoms with Crippen molar-refractivity contribution < 1.29 is 63.1 Å². The molecule has 0 aromatic carbocycles. The Bertz CT molecular complexity index is 40.3. The average molecular weight is 157 g/mol. The van der Waals surface area contributed by atoms with Gasteiger partial charge in [0.25, 0.3) is 5.09 Å². The standard InChI is InChI=1S/ClH.K.HNO3.H3N.H/c;;2-1(3)4;;/h1H;;(H,2,3,4);1H3;/q;+1;;;-1. The van der Waals surface area contributed by atoms with E-state index in [4.69, 9.17) is 15.3 Å². The molecule has 0 aliphatic heterocycles. The topological polar surface area (TPSA) is 98.4 Å². The van der Waals surface area contributed by atoms with Crippen molar-refractivity contribution in [1.29, 1.82) is 0 Å². The van der Waals surface area contributed by atoms with Gasteiger partial charge in [0.2, 0.25) is 0 Å². The van der Waals surface area contributed by atoms with Crippen molar-refractivity contribution in [1.82, 2.24) is 6.15 Å². The molecule has 0 aromatic heterocycles. The third-order valence-corrected chi connectivity index (χ3v) is 0. The molecule has 0 atom stereocenters. The van der Waals surface area contributed by atoms with Crippen LogP contribution in [-0.2, 0) is 0 Å². The van der Waals surface area contributed by atoms with Crippen LogP contribution in [0.5, 0.6) is 0 Å². The second-order valence-corrected chi connectivity index (χ2v) is 0.238. The van der Waals surface area contributed by atoms with E-state index in [1.165, 1.54) is 0 Å². The van der Waals surface area contributed by atoms with Gasteiger partial charge in [-0.05, 0) is 0 Å². The third-order valence-electron chi connectivity index (χ3n) is 0. The zero-order valence-corrected chi connectivity index (χ0v) is 7.77. The molecule has 0 heterocycles. The molecule has 0 aromatic rings. The van der Waals surface area contributed by atoms with E-state index >= 15 is 0 Å². The van der Waals surface area contributed by atoms with Crippen LogP contribution in [0.25, 0.3) is 0 Å². The van der Waals surface area contributed by atoms with Gasteiger partial charge in [-0.2, -0.15) is 0 Å². The number of hydrogen-bond acceptors (Lipinski definition) is 3. The molecule has 0 aliphatic carbocycles. The Hall–Kier alpha value is 1.09. The summed E-state index contributed by atoms with van der Waals surface area (Å²) in [6, 6.07) is 0. The maximum Gasteiger partial charge on any atom is 1.00 e. The van der Waals surface area contributed by atoms with Gasteiger partial charge >= 0.3 is 51.4 Å². The van der Waals surface area contributed by atoms with Gasteiger partial charge in [-0.25, -0.2) is 0 Å². The van der Waals surface area contributed by atoms with Gasteiger partial charge in [-0.3, -0.25) is 0 Å². The molecule has 7 heavy (non-hydrogen) atoms. The summed E-state index contributed by atoms with van der Waals surface area (Å²) in [6.45, 7) is 0. The fraction of sp³-hybridized carbons (Fsp3) is 0. The molecule has 42 valence electrons. The SMILES string of the molecule is Cl.N.O=[N+]([O-])O.[H-].[K+]. The number of hydrogen-bond donors (Lipinski definition) is 2. The zero-order valence-electron chi connectivity index (χ0n) is 4.83. The minimum absolute atomic E-state index is 0. The Balaban J connectivity index is -0.00000000750.